The summed E-state index contributed by atoms with van der Waals surface area (Å²) in [6, 6.07) is 10.1. The molecule has 0 aliphatic carbocycles. The Labute approximate surface area is 147 Å². The van der Waals surface area contributed by atoms with E-state index in [1.54, 1.807) is 11.3 Å². The summed E-state index contributed by atoms with van der Waals surface area (Å²) in [6.07, 6.45) is 0.917. The molecule has 2 heterocycles. The summed E-state index contributed by atoms with van der Waals surface area (Å²) in [7, 11) is 0. The van der Waals surface area contributed by atoms with E-state index in [1.165, 1.54) is 4.88 Å². The van der Waals surface area contributed by atoms with Crippen LogP contribution in [0, 0.1) is 11.8 Å². The van der Waals surface area contributed by atoms with Crippen LogP contribution in [0.15, 0.2) is 30.3 Å². The molecule has 1 atom stereocenters. The van der Waals surface area contributed by atoms with E-state index < -0.39 is 0 Å². The summed E-state index contributed by atoms with van der Waals surface area (Å²) in [4.78, 5) is 18.2. The maximum absolute atomic E-state index is 12.3. The number of hydrogen-bond donors (Lipinski definition) is 2. The third-order valence-electron chi connectivity index (χ3n) is 4.23. The highest BCUT2D eigenvalue weighted by molar-refractivity contribution is 7.16. The van der Waals surface area contributed by atoms with Gasteiger partial charge in [-0.3, -0.25) is 4.79 Å². The average Bonchev–Trinajstić information content (AvgIpc) is 2.89. The van der Waals surface area contributed by atoms with Gasteiger partial charge in [0.15, 0.2) is 5.13 Å². The number of thiazole rings is 1. The van der Waals surface area contributed by atoms with Crippen LogP contribution in [0.5, 0.6) is 0 Å². The predicted molar refractivity (Wildman–Crippen MR) is 98.3 cm³/mol. The molecule has 1 unspecified atom stereocenters. The van der Waals surface area contributed by atoms with Gasteiger partial charge in [0, 0.05) is 16.4 Å². The predicted octanol–water partition coefficient (Wildman–Crippen LogP) is 3.59. The number of carbonyl (C=O) groups excluding carboxylic acids is 1. The normalized spacial score (nSPS) is 15.4. The standard InChI is InChI=1S/C17H21N3OS.ClH/c1-3-14-15(12-7-5-4-6-8-12)19-17(22-14)20-16(21)11(2)13-9-18-10-13;/h4-8,11,13,18H,3,9-10H2,1-2H3,(H,19,20,21);1H. The van der Waals surface area contributed by atoms with Crippen molar-refractivity contribution >= 4 is 34.8 Å². The van der Waals surface area contributed by atoms with Gasteiger partial charge in [-0.1, -0.05) is 44.2 Å². The number of nitrogens with one attached hydrogen (secondary N) is 2. The number of benzene rings is 1. The molecule has 0 bridgehead atoms. The summed E-state index contributed by atoms with van der Waals surface area (Å²) < 4.78 is 0. The Bertz CT molecular complexity index is 655. The lowest BCUT2D eigenvalue weighted by molar-refractivity contribution is -0.121. The molecule has 3 rings (SSSR count). The van der Waals surface area contributed by atoms with E-state index in [0.29, 0.717) is 11.0 Å². The highest BCUT2D eigenvalue weighted by Gasteiger charge is 2.29. The lowest BCUT2D eigenvalue weighted by Crippen LogP contribution is -2.48. The number of hydrogen-bond acceptors (Lipinski definition) is 4. The lowest BCUT2D eigenvalue weighted by atomic mass is 9.88. The van der Waals surface area contributed by atoms with Gasteiger partial charge in [-0.25, -0.2) is 4.98 Å². The van der Waals surface area contributed by atoms with Crippen molar-refractivity contribution in [3.63, 3.8) is 0 Å². The Morgan fingerprint density at radius 1 is 1.39 bits per heavy atom. The summed E-state index contributed by atoms with van der Waals surface area (Å²) in [5, 5.41) is 6.92. The van der Waals surface area contributed by atoms with Crippen molar-refractivity contribution < 1.29 is 4.79 Å². The maximum atomic E-state index is 12.3. The largest absolute Gasteiger partial charge is 0.316 e. The summed E-state index contributed by atoms with van der Waals surface area (Å²) in [5.74, 6) is 0.539. The van der Waals surface area contributed by atoms with Crippen molar-refractivity contribution in [3.05, 3.63) is 35.2 Å². The van der Waals surface area contributed by atoms with E-state index in [9.17, 15) is 4.79 Å². The first kappa shape index (κ1) is 17.9. The van der Waals surface area contributed by atoms with Gasteiger partial charge >= 0.3 is 0 Å². The van der Waals surface area contributed by atoms with Crippen molar-refractivity contribution in [1.82, 2.24) is 10.3 Å². The lowest BCUT2D eigenvalue weighted by Gasteiger charge is -2.31. The molecule has 1 aromatic carbocycles. The minimum atomic E-state index is 0. The molecule has 6 heteroatoms. The molecule has 23 heavy (non-hydrogen) atoms. The number of anilines is 1. The summed E-state index contributed by atoms with van der Waals surface area (Å²) in [5.41, 5.74) is 2.09. The molecule has 1 amide bonds. The van der Waals surface area contributed by atoms with Crippen LogP contribution in [0.4, 0.5) is 5.13 Å². The fourth-order valence-electron chi connectivity index (χ4n) is 2.56. The molecule has 0 saturated carbocycles. The van der Waals surface area contributed by atoms with Crippen LogP contribution in [-0.2, 0) is 11.2 Å². The highest BCUT2D eigenvalue weighted by atomic mass is 35.5. The summed E-state index contributed by atoms with van der Waals surface area (Å²) >= 11 is 1.58. The van der Waals surface area contributed by atoms with E-state index in [-0.39, 0.29) is 24.2 Å². The monoisotopic (exact) mass is 351 g/mol. The maximum Gasteiger partial charge on any atom is 0.229 e. The van der Waals surface area contributed by atoms with Gasteiger partial charge in [0.2, 0.25) is 5.91 Å². The van der Waals surface area contributed by atoms with E-state index >= 15 is 0 Å². The Kier molecular flexibility index (Phi) is 6.16. The van der Waals surface area contributed by atoms with Crippen LogP contribution >= 0.6 is 23.7 Å². The van der Waals surface area contributed by atoms with Crippen LogP contribution in [0.1, 0.15) is 18.7 Å². The van der Waals surface area contributed by atoms with Gasteiger partial charge < -0.3 is 10.6 Å². The first-order chi connectivity index (χ1) is 10.7. The van der Waals surface area contributed by atoms with Crippen LogP contribution in [0.3, 0.4) is 0 Å². The highest BCUT2D eigenvalue weighted by Crippen LogP contribution is 2.32. The van der Waals surface area contributed by atoms with Crippen LogP contribution in [-0.4, -0.2) is 24.0 Å². The number of halogens is 1. The molecule has 124 valence electrons. The number of amides is 1. The number of carbonyl (C=O) groups is 1. The van der Waals surface area contributed by atoms with E-state index in [4.69, 9.17) is 0 Å². The van der Waals surface area contributed by atoms with E-state index in [1.807, 2.05) is 25.1 Å². The molecule has 4 nitrogen and oxygen atoms in total. The van der Waals surface area contributed by atoms with Crippen molar-refractivity contribution in [3.8, 4) is 11.3 Å². The van der Waals surface area contributed by atoms with Crippen molar-refractivity contribution in [2.45, 2.75) is 20.3 Å². The summed E-state index contributed by atoms with van der Waals surface area (Å²) in [6.45, 7) is 5.98. The zero-order chi connectivity index (χ0) is 15.5. The molecular formula is C17H22ClN3OS. The van der Waals surface area contributed by atoms with Gasteiger partial charge in [0.1, 0.15) is 0 Å². The minimum Gasteiger partial charge on any atom is -0.316 e. The van der Waals surface area contributed by atoms with Crippen molar-refractivity contribution in [2.75, 3.05) is 18.4 Å². The molecule has 1 aliphatic rings. The quantitative estimate of drug-likeness (QED) is 0.865. The van der Waals surface area contributed by atoms with Gasteiger partial charge in [-0.05, 0) is 25.4 Å². The molecule has 1 aromatic heterocycles. The fourth-order valence-corrected chi connectivity index (χ4v) is 3.49. The fraction of sp³-hybridized carbons (Fsp3) is 0.412. The van der Waals surface area contributed by atoms with E-state index in [2.05, 4.69) is 34.7 Å². The average molecular weight is 352 g/mol. The minimum absolute atomic E-state index is 0. The second-order valence-corrected chi connectivity index (χ2v) is 6.79. The zero-order valence-corrected chi connectivity index (χ0v) is 15.0. The molecular weight excluding hydrogens is 330 g/mol. The number of nitrogens with zero attached hydrogens (tertiary/aromatic N) is 1. The second-order valence-electron chi connectivity index (χ2n) is 5.71. The second kappa shape index (κ2) is 7.90. The molecule has 2 N–H and O–H groups in total. The number of aromatic nitrogens is 1. The molecule has 0 spiro atoms. The topological polar surface area (TPSA) is 54.0 Å². The van der Waals surface area contributed by atoms with Gasteiger partial charge in [0.25, 0.3) is 0 Å². The van der Waals surface area contributed by atoms with Gasteiger partial charge in [-0.2, -0.15) is 0 Å². The Hall–Kier alpha value is -1.43. The van der Waals surface area contributed by atoms with Gasteiger partial charge in [0.05, 0.1) is 5.69 Å². The number of aryl methyl sites for hydroxylation is 1. The first-order valence-corrected chi connectivity index (χ1v) is 8.57. The molecule has 1 saturated heterocycles. The van der Waals surface area contributed by atoms with Crippen LogP contribution in [0.2, 0.25) is 0 Å². The Morgan fingerprint density at radius 3 is 2.65 bits per heavy atom. The molecule has 1 fully saturated rings. The van der Waals surface area contributed by atoms with Crippen LogP contribution < -0.4 is 10.6 Å². The number of rotatable bonds is 5. The Morgan fingerprint density at radius 2 is 2.09 bits per heavy atom. The molecule has 0 radical (unpaired) electrons. The molecule has 2 aromatic rings. The Balaban J connectivity index is 0.00000192. The third kappa shape index (κ3) is 3.91. The SMILES string of the molecule is CCc1sc(NC(=O)C(C)C2CNC2)nc1-c1ccccc1.Cl. The third-order valence-corrected chi connectivity index (χ3v) is 5.34. The van der Waals surface area contributed by atoms with Gasteiger partial charge in [-0.15, -0.1) is 23.7 Å². The zero-order valence-electron chi connectivity index (χ0n) is 13.3. The smallest absolute Gasteiger partial charge is 0.229 e. The van der Waals surface area contributed by atoms with E-state index in [0.717, 1.165) is 30.8 Å². The van der Waals surface area contributed by atoms with Crippen molar-refractivity contribution in [2.24, 2.45) is 11.8 Å². The van der Waals surface area contributed by atoms with Crippen LogP contribution in [0.25, 0.3) is 11.3 Å². The first-order valence-electron chi connectivity index (χ1n) is 7.75. The van der Waals surface area contributed by atoms with Crippen molar-refractivity contribution in [1.29, 1.82) is 0 Å². The molecule has 1 aliphatic heterocycles.